The van der Waals surface area contributed by atoms with Gasteiger partial charge in [-0.15, -0.1) is 0 Å². The normalized spacial score (nSPS) is 30.2. The fraction of sp³-hybridized carbons (Fsp3) is 0.846. The molecule has 0 bridgehead atoms. The number of carbonyl (C=O) groups excluding carboxylic acids is 1. The first-order chi connectivity index (χ1) is 8.58. The second kappa shape index (κ2) is 5.69. The molecule has 5 nitrogen and oxygen atoms in total. The zero-order chi connectivity index (χ0) is 13.1. The third-order valence-corrected chi connectivity index (χ3v) is 3.78. The number of carboxylic acids is 1. The Morgan fingerprint density at radius 3 is 2.67 bits per heavy atom. The minimum Gasteiger partial charge on any atom is -0.481 e. The number of ether oxygens (including phenoxy) is 1. The zero-order valence-corrected chi connectivity index (χ0v) is 10.8. The fourth-order valence-electron chi connectivity index (χ4n) is 2.46. The summed E-state index contributed by atoms with van der Waals surface area (Å²) in [5, 5.41) is 8.74. The maximum Gasteiger partial charge on any atom is 0.305 e. The Bertz CT molecular complexity index is 325. The molecule has 2 rings (SSSR count). The molecule has 1 saturated heterocycles. The van der Waals surface area contributed by atoms with Gasteiger partial charge in [0.2, 0.25) is 5.91 Å². The number of amides is 1. The third kappa shape index (κ3) is 3.45. The molecule has 1 saturated carbocycles. The second-order valence-corrected chi connectivity index (χ2v) is 5.38. The smallest absolute Gasteiger partial charge is 0.305 e. The maximum absolute atomic E-state index is 12.2. The highest BCUT2D eigenvalue weighted by atomic mass is 16.5. The number of carboxylic acid groups (broad SMARTS) is 1. The van der Waals surface area contributed by atoms with Crippen molar-refractivity contribution in [1.82, 2.24) is 4.90 Å². The molecular formula is C13H21NO4. The standard InChI is InChI=1S/C13H21NO4/c1-9-7-11(9)13(17)14(5-4-12(15)16)8-10-3-2-6-18-10/h9-11H,2-8H2,1H3,(H,15,16)/t9-,10-,11-/m1/s1. The van der Waals surface area contributed by atoms with E-state index in [1.807, 2.05) is 0 Å². The van der Waals surface area contributed by atoms with Gasteiger partial charge >= 0.3 is 5.97 Å². The van der Waals surface area contributed by atoms with Crippen LogP contribution < -0.4 is 0 Å². The lowest BCUT2D eigenvalue weighted by Crippen LogP contribution is -2.39. The molecule has 1 N–H and O–H groups in total. The van der Waals surface area contributed by atoms with Crippen LogP contribution in [0.1, 0.15) is 32.6 Å². The SMILES string of the molecule is C[C@@H]1C[C@H]1C(=O)N(CCC(=O)O)C[C@H]1CCCO1. The Balaban J connectivity index is 1.88. The van der Waals surface area contributed by atoms with Gasteiger partial charge in [-0.2, -0.15) is 0 Å². The Labute approximate surface area is 107 Å². The molecule has 1 aliphatic heterocycles. The lowest BCUT2D eigenvalue weighted by atomic mass is 10.2. The monoisotopic (exact) mass is 255 g/mol. The molecule has 1 aliphatic carbocycles. The van der Waals surface area contributed by atoms with Crippen LogP contribution in [0.3, 0.4) is 0 Å². The average Bonchev–Trinajstić information content (AvgIpc) is 2.84. The second-order valence-electron chi connectivity index (χ2n) is 5.38. The van der Waals surface area contributed by atoms with E-state index in [9.17, 15) is 9.59 Å². The molecule has 18 heavy (non-hydrogen) atoms. The van der Waals surface area contributed by atoms with Crippen LogP contribution in [0.25, 0.3) is 0 Å². The molecule has 1 amide bonds. The number of rotatable bonds is 6. The van der Waals surface area contributed by atoms with Crippen LogP contribution in [0.15, 0.2) is 0 Å². The van der Waals surface area contributed by atoms with Crippen molar-refractivity contribution in [3.05, 3.63) is 0 Å². The Hall–Kier alpha value is -1.10. The number of aliphatic carboxylic acids is 1. The molecule has 0 unspecified atom stereocenters. The van der Waals surface area contributed by atoms with E-state index in [4.69, 9.17) is 9.84 Å². The van der Waals surface area contributed by atoms with Gasteiger partial charge in [-0.05, 0) is 25.2 Å². The maximum atomic E-state index is 12.2. The Morgan fingerprint density at radius 2 is 2.17 bits per heavy atom. The van der Waals surface area contributed by atoms with Gasteiger partial charge in [0.05, 0.1) is 12.5 Å². The lowest BCUT2D eigenvalue weighted by Gasteiger charge is -2.25. The minimum absolute atomic E-state index is 0.0135. The lowest BCUT2D eigenvalue weighted by molar-refractivity contribution is -0.139. The summed E-state index contributed by atoms with van der Waals surface area (Å²) in [7, 11) is 0. The van der Waals surface area contributed by atoms with Gasteiger partial charge in [-0.1, -0.05) is 6.92 Å². The number of carbonyl (C=O) groups is 2. The molecule has 2 aliphatic rings. The quantitative estimate of drug-likeness (QED) is 0.772. The first kappa shape index (κ1) is 13.3. The summed E-state index contributed by atoms with van der Waals surface area (Å²) in [5.74, 6) is -0.183. The molecule has 0 aromatic carbocycles. The summed E-state index contributed by atoms with van der Waals surface area (Å²) in [5.41, 5.74) is 0. The summed E-state index contributed by atoms with van der Waals surface area (Å²) < 4.78 is 5.53. The summed E-state index contributed by atoms with van der Waals surface area (Å²) in [6.07, 6.45) is 3.05. The highest BCUT2D eigenvalue weighted by molar-refractivity contribution is 5.82. The molecule has 2 fully saturated rings. The molecular weight excluding hydrogens is 234 g/mol. The van der Waals surface area contributed by atoms with Crippen molar-refractivity contribution in [2.75, 3.05) is 19.7 Å². The summed E-state index contributed by atoms with van der Waals surface area (Å²) in [6.45, 7) is 3.67. The van der Waals surface area contributed by atoms with Gasteiger partial charge in [0, 0.05) is 25.6 Å². The van der Waals surface area contributed by atoms with Gasteiger partial charge in [0.25, 0.3) is 0 Å². The largest absolute Gasteiger partial charge is 0.481 e. The van der Waals surface area contributed by atoms with E-state index in [0.29, 0.717) is 19.0 Å². The fourth-order valence-corrected chi connectivity index (χ4v) is 2.46. The van der Waals surface area contributed by atoms with Crippen molar-refractivity contribution in [3.63, 3.8) is 0 Å². The summed E-state index contributed by atoms with van der Waals surface area (Å²) >= 11 is 0. The summed E-state index contributed by atoms with van der Waals surface area (Å²) in [6, 6.07) is 0. The molecule has 5 heteroatoms. The molecule has 0 radical (unpaired) electrons. The van der Waals surface area contributed by atoms with Crippen molar-refractivity contribution in [2.45, 2.75) is 38.7 Å². The van der Waals surface area contributed by atoms with Crippen LogP contribution in [0.4, 0.5) is 0 Å². The number of hydrogen-bond donors (Lipinski definition) is 1. The summed E-state index contributed by atoms with van der Waals surface area (Å²) in [4.78, 5) is 24.5. The number of nitrogens with zero attached hydrogens (tertiary/aromatic N) is 1. The first-order valence-corrected chi connectivity index (χ1v) is 6.70. The van der Waals surface area contributed by atoms with E-state index < -0.39 is 5.97 Å². The molecule has 0 spiro atoms. The Kier molecular flexibility index (Phi) is 4.22. The van der Waals surface area contributed by atoms with E-state index in [1.54, 1.807) is 4.90 Å². The minimum atomic E-state index is -0.857. The molecule has 102 valence electrons. The number of hydrogen-bond acceptors (Lipinski definition) is 3. The highest BCUT2D eigenvalue weighted by Crippen LogP contribution is 2.39. The van der Waals surface area contributed by atoms with Crippen LogP contribution >= 0.6 is 0 Å². The zero-order valence-electron chi connectivity index (χ0n) is 10.8. The van der Waals surface area contributed by atoms with Gasteiger partial charge in [-0.3, -0.25) is 9.59 Å². The van der Waals surface area contributed by atoms with Crippen LogP contribution in [0.2, 0.25) is 0 Å². The van der Waals surface area contributed by atoms with Gasteiger partial charge in [-0.25, -0.2) is 0 Å². The van der Waals surface area contributed by atoms with Crippen molar-refractivity contribution >= 4 is 11.9 Å². The van der Waals surface area contributed by atoms with Crippen LogP contribution in [-0.2, 0) is 14.3 Å². The van der Waals surface area contributed by atoms with Crippen LogP contribution in [0, 0.1) is 11.8 Å². The topological polar surface area (TPSA) is 66.8 Å². The molecule has 1 heterocycles. The molecule has 0 aromatic heterocycles. The van der Waals surface area contributed by atoms with Crippen LogP contribution in [0.5, 0.6) is 0 Å². The van der Waals surface area contributed by atoms with Crippen molar-refractivity contribution in [1.29, 1.82) is 0 Å². The third-order valence-electron chi connectivity index (χ3n) is 3.78. The van der Waals surface area contributed by atoms with Gasteiger partial charge < -0.3 is 14.7 Å². The molecule has 0 aromatic rings. The van der Waals surface area contributed by atoms with Gasteiger partial charge in [0.15, 0.2) is 0 Å². The predicted octanol–water partition coefficient (Wildman–Crippen LogP) is 1.12. The van der Waals surface area contributed by atoms with E-state index >= 15 is 0 Å². The average molecular weight is 255 g/mol. The predicted molar refractivity (Wildman–Crippen MR) is 65.1 cm³/mol. The molecule has 3 atom stereocenters. The van der Waals surface area contributed by atoms with Crippen molar-refractivity contribution in [2.24, 2.45) is 11.8 Å². The van der Waals surface area contributed by atoms with E-state index in [-0.39, 0.29) is 24.3 Å². The van der Waals surface area contributed by atoms with Gasteiger partial charge in [0.1, 0.15) is 0 Å². The Morgan fingerprint density at radius 1 is 1.44 bits per heavy atom. The van der Waals surface area contributed by atoms with E-state index in [0.717, 1.165) is 25.9 Å². The highest BCUT2D eigenvalue weighted by Gasteiger charge is 2.42. The van der Waals surface area contributed by atoms with Crippen LogP contribution in [-0.4, -0.2) is 47.7 Å². The van der Waals surface area contributed by atoms with E-state index in [2.05, 4.69) is 6.92 Å². The van der Waals surface area contributed by atoms with E-state index in [1.165, 1.54) is 0 Å². The van der Waals surface area contributed by atoms with Crippen molar-refractivity contribution in [3.8, 4) is 0 Å². The first-order valence-electron chi connectivity index (χ1n) is 6.70. The van der Waals surface area contributed by atoms with Crippen molar-refractivity contribution < 1.29 is 19.4 Å².